The van der Waals surface area contributed by atoms with Gasteiger partial charge in [-0.05, 0) is 36.5 Å². The van der Waals surface area contributed by atoms with Crippen LogP contribution in [0.3, 0.4) is 0 Å². The van der Waals surface area contributed by atoms with E-state index in [4.69, 9.17) is 4.74 Å². The van der Waals surface area contributed by atoms with Gasteiger partial charge in [-0.25, -0.2) is 0 Å². The minimum Gasteiger partial charge on any atom is -0.481 e. The van der Waals surface area contributed by atoms with Gasteiger partial charge in [0.05, 0.1) is 6.04 Å². The summed E-state index contributed by atoms with van der Waals surface area (Å²) in [7, 11) is 0. The number of nitrogens with one attached hydrogen (secondary N) is 1. The molecule has 0 aliphatic rings. The van der Waals surface area contributed by atoms with Crippen LogP contribution in [0.5, 0.6) is 5.75 Å². The van der Waals surface area contributed by atoms with E-state index < -0.39 is 6.10 Å². The molecule has 2 aromatic rings. The molecule has 2 rings (SSSR count). The molecule has 2 atom stereocenters. The maximum Gasteiger partial charge on any atom is 0.261 e. The third-order valence-corrected chi connectivity index (χ3v) is 3.91. The van der Waals surface area contributed by atoms with Gasteiger partial charge in [-0.15, -0.1) is 0 Å². The third kappa shape index (κ3) is 5.41. The topological polar surface area (TPSA) is 38.3 Å². The Hall–Kier alpha value is -2.29. The molecule has 0 radical (unpaired) electrons. The van der Waals surface area contributed by atoms with E-state index in [9.17, 15) is 4.79 Å². The van der Waals surface area contributed by atoms with Crippen molar-refractivity contribution in [2.24, 2.45) is 5.92 Å². The summed E-state index contributed by atoms with van der Waals surface area (Å²) in [6.07, 6.45) is 1.05. The van der Waals surface area contributed by atoms with Gasteiger partial charge >= 0.3 is 0 Å². The Morgan fingerprint density at radius 1 is 1.00 bits per heavy atom. The Labute approximate surface area is 145 Å². The fourth-order valence-corrected chi connectivity index (χ4v) is 2.69. The first kappa shape index (κ1) is 18.1. The van der Waals surface area contributed by atoms with Crippen molar-refractivity contribution in [3.05, 3.63) is 66.2 Å². The summed E-state index contributed by atoms with van der Waals surface area (Å²) in [4.78, 5) is 12.7. The molecule has 3 heteroatoms. The number of rotatable bonds is 8. The maximum absolute atomic E-state index is 12.7. The molecule has 0 saturated heterocycles. The molecular formula is C21H27NO2. The number of hydrogen-bond acceptors (Lipinski definition) is 2. The van der Waals surface area contributed by atoms with E-state index in [1.54, 1.807) is 0 Å². The lowest BCUT2D eigenvalue weighted by Gasteiger charge is -2.24. The minimum atomic E-state index is -0.481. The smallest absolute Gasteiger partial charge is 0.261 e. The maximum atomic E-state index is 12.7. The van der Waals surface area contributed by atoms with E-state index >= 15 is 0 Å². The van der Waals surface area contributed by atoms with E-state index in [1.165, 1.54) is 0 Å². The Kier molecular flexibility index (Phi) is 6.86. The highest BCUT2D eigenvalue weighted by molar-refractivity contribution is 5.81. The van der Waals surface area contributed by atoms with Gasteiger partial charge in [0, 0.05) is 0 Å². The van der Waals surface area contributed by atoms with Gasteiger partial charge in [0.2, 0.25) is 0 Å². The van der Waals surface area contributed by atoms with Crippen molar-refractivity contribution in [2.45, 2.75) is 45.8 Å². The van der Waals surface area contributed by atoms with Gasteiger partial charge in [-0.2, -0.15) is 0 Å². The van der Waals surface area contributed by atoms with E-state index in [1.807, 2.05) is 55.5 Å². The highest BCUT2D eigenvalue weighted by atomic mass is 16.5. The SMILES string of the molecule is CCC(Oc1ccccc1)C(=O)NC(CC(C)C)c1ccccc1. The van der Waals surface area contributed by atoms with Crippen LogP contribution in [0.2, 0.25) is 0 Å². The number of carbonyl (C=O) groups excluding carboxylic acids is 1. The quantitative estimate of drug-likeness (QED) is 0.761. The van der Waals surface area contributed by atoms with E-state index in [0.29, 0.717) is 12.3 Å². The number of benzene rings is 2. The van der Waals surface area contributed by atoms with Crippen LogP contribution in [0.1, 0.15) is 45.2 Å². The number of hydrogen-bond donors (Lipinski definition) is 1. The second-order valence-corrected chi connectivity index (χ2v) is 6.43. The predicted molar refractivity (Wildman–Crippen MR) is 97.9 cm³/mol. The summed E-state index contributed by atoms with van der Waals surface area (Å²) in [5.74, 6) is 1.15. The summed E-state index contributed by atoms with van der Waals surface area (Å²) in [5.41, 5.74) is 1.13. The van der Waals surface area contributed by atoms with E-state index in [-0.39, 0.29) is 11.9 Å². The molecule has 0 aromatic heterocycles. The van der Waals surface area contributed by atoms with Crippen LogP contribution in [0.15, 0.2) is 60.7 Å². The highest BCUT2D eigenvalue weighted by Gasteiger charge is 2.23. The summed E-state index contributed by atoms with van der Waals surface area (Å²) < 4.78 is 5.86. The molecule has 0 aliphatic carbocycles. The zero-order valence-electron chi connectivity index (χ0n) is 14.7. The Balaban J connectivity index is 2.07. The van der Waals surface area contributed by atoms with Crippen molar-refractivity contribution < 1.29 is 9.53 Å². The van der Waals surface area contributed by atoms with Gasteiger partial charge in [0.15, 0.2) is 6.10 Å². The molecule has 1 amide bonds. The summed E-state index contributed by atoms with van der Waals surface area (Å²) >= 11 is 0. The largest absolute Gasteiger partial charge is 0.481 e. The van der Waals surface area contributed by atoms with E-state index in [2.05, 4.69) is 31.3 Å². The molecular weight excluding hydrogens is 298 g/mol. The first-order chi connectivity index (χ1) is 11.6. The molecule has 128 valence electrons. The lowest BCUT2D eigenvalue weighted by molar-refractivity contribution is -0.129. The normalized spacial score (nSPS) is 13.3. The number of para-hydroxylation sites is 1. The molecule has 3 nitrogen and oxygen atoms in total. The second-order valence-electron chi connectivity index (χ2n) is 6.43. The Morgan fingerprint density at radius 3 is 2.12 bits per heavy atom. The predicted octanol–water partition coefficient (Wildman–Crippen LogP) is 4.75. The van der Waals surface area contributed by atoms with Crippen molar-refractivity contribution in [3.8, 4) is 5.75 Å². The molecule has 2 aromatic carbocycles. The monoisotopic (exact) mass is 325 g/mol. The molecule has 0 aliphatic heterocycles. The van der Waals surface area contributed by atoms with Crippen LogP contribution in [0.4, 0.5) is 0 Å². The summed E-state index contributed by atoms with van der Waals surface area (Å²) in [6, 6.07) is 19.6. The van der Waals surface area contributed by atoms with E-state index in [0.717, 1.165) is 17.7 Å². The average molecular weight is 325 g/mol. The highest BCUT2D eigenvalue weighted by Crippen LogP contribution is 2.22. The van der Waals surface area contributed by atoms with Crippen LogP contribution < -0.4 is 10.1 Å². The van der Waals surface area contributed by atoms with Crippen molar-refractivity contribution >= 4 is 5.91 Å². The molecule has 0 saturated carbocycles. The Bertz CT molecular complexity index is 610. The molecule has 1 N–H and O–H groups in total. The van der Waals surface area contributed by atoms with Gasteiger partial charge in [-0.1, -0.05) is 69.3 Å². The fraction of sp³-hybridized carbons (Fsp3) is 0.381. The molecule has 0 spiro atoms. The van der Waals surface area contributed by atoms with Crippen molar-refractivity contribution in [2.75, 3.05) is 0 Å². The minimum absolute atomic E-state index is 0.00660. The number of ether oxygens (including phenoxy) is 1. The van der Waals surface area contributed by atoms with Crippen molar-refractivity contribution in [1.82, 2.24) is 5.32 Å². The third-order valence-electron chi connectivity index (χ3n) is 3.91. The van der Waals surface area contributed by atoms with Crippen LogP contribution >= 0.6 is 0 Å². The van der Waals surface area contributed by atoms with Crippen LogP contribution in [-0.4, -0.2) is 12.0 Å². The molecule has 0 fully saturated rings. The Morgan fingerprint density at radius 2 is 1.58 bits per heavy atom. The lowest BCUT2D eigenvalue weighted by atomic mass is 9.96. The first-order valence-electron chi connectivity index (χ1n) is 8.67. The molecule has 2 unspecified atom stereocenters. The fourth-order valence-electron chi connectivity index (χ4n) is 2.69. The number of amides is 1. The van der Waals surface area contributed by atoms with Crippen molar-refractivity contribution in [3.63, 3.8) is 0 Å². The molecule has 0 bridgehead atoms. The van der Waals surface area contributed by atoms with Gasteiger partial charge in [0.1, 0.15) is 5.75 Å². The molecule has 24 heavy (non-hydrogen) atoms. The molecule has 0 heterocycles. The second kappa shape index (κ2) is 9.11. The lowest BCUT2D eigenvalue weighted by Crippen LogP contribution is -2.40. The zero-order chi connectivity index (χ0) is 17.4. The van der Waals surface area contributed by atoms with Gasteiger partial charge < -0.3 is 10.1 Å². The summed E-state index contributed by atoms with van der Waals surface area (Å²) in [5, 5.41) is 3.17. The van der Waals surface area contributed by atoms with Crippen LogP contribution in [0, 0.1) is 5.92 Å². The standard InChI is InChI=1S/C21H27NO2/c1-4-20(24-18-13-9-6-10-14-18)21(23)22-19(15-16(2)3)17-11-7-5-8-12-17/h5-14,16,19-20H,4,15H2,1-3H3,(H,22,23). The van der Waals surface area contributed by atoms with Crippen LogP contribution in [0.25, 0.3) is 0 Å². The summed E-state index contributed by atoms with van der Waals surface area (Å²) in [6.45, 7) is 6.30. The van der Waals surface area contributed by atoms with Crippen molar-refractivity contribution in [1.29, 1.82) is 0 Å². The van der Waals surface area contributed by atoms with Crippen LogP contribution in [-0.2, 0) is 4.79 Å². The average Bonchev–Trinajstić information content (AvgIpc) is 2.60. The zero-order valence-corrected chi connectivity index (χ0v) is 14.7. The van der Waals surface area contributed by atoms with Gasteiger partial charge in [0.25, 0.3) is 5.91 Å². The first-order valence-corrected chi connectivity index (χ1v) is 8.67. The number of carbonyl (C=O) groups is 1. The van der Waals surface area contributed by atoms with Gasteiger partial charge in [-0.3, -0.25) is 4.79 Å².